The van der Waals surface area contributed by atoms with Crippen LogP contribution in [0.1, 0.15) is 24.1 Å². The second kappa shape index (κ2) is 13.2. The molecule has 0 saturated heterocycles. The Balaban J connectivity index is 1.73. The molecular weight excluding hydrogens is 646 g/mol. The third-order valence-corrected chi connectivity index (χ3v) is 8.32. The van der Waals surface area contributed by atoms with Crippen molar-refractivity contribution in [2.75, 3.05) is 33.3 Å². The Bertz CT molecular complexity index is 1990. The number of thiazole rings is 1. The summed E-state index contributed by atoms with van der Waals surface area (Å²) in [4.78, 5) is 33.2. The zero-order chi connectivity index (χ0) is 31.4. The lowest BCUT2D eigenvalue weighted by atomic mass is 9.94. The van der Waals surface area contributed by atoms with Crippen LogP contribution < -0.4 is 39.2 Å². The molecule has 44 heavy (non-hydrogen) atoms. The molecule has 9 nitrogen and oxygen atoms in total. The van der Waals surface area contributed by atoms with Crippen molar-refractivity contribution in [2.24, 2.45) is 4.99 Å². The Hall–Kier alpha value is -4.79. The number of amides is 1. The van der Waals surface area contributed by atoms with Crippen LogP contribution in [0.4, 0.5) is 5.69 Å². The van der Waals surface area contributed by atoms with E-state index in [1.807, 2.05) is 30.3 Å². The predicted octanol–water partition coefficient (Wildman–Crippen LogP) is 4.67. The molecule has 1 N–H and O–H groups in total. The molecule has 2 heterocycles. The molecule has 224 valence electrons. The molecule has 11 heteroatoms. The van der Waals surface area contributed by atoms with Crippen molar-refractivity contribution < 1.29 is 23.7 Å². The first-order chi connectivity index (χ1) is 21.3. The third kappa shape index (κ3) is 6.00. The molecule has 0 radical (unpaired) electrons. The zero-order valence-corrected chi connectivity index (χ0v) is 26.7. The van der Waals surface area contributed by atoms with Crippen LogP contribution in [0.25, 0.3) is 6.08 Å². The average molecular weight is 675 g/mol. The van der Waals surface area contributed by atoms with Crippen molar-refractivity contribution in [3.05, 3.63) is 107 Å². The minimum Gasteiger partial charge on any atom is -0.493 e. The van der Waals surface area contributed by atoms with Crippen LogP contribution in [-0.4, -0.2) is 38.4 Å². The smallest absolute Gasteiger partial charge is 0.271 e. The minimum absolute atomic E-state index is 0.0124. The van der Waals surface area contributed by atoms with Crippen molar-refractivity contribution in [2.45, 2.75) is 13.0 Å². The molecule has 1 aliphatic rings. The zero-order valence-electron chi connectivity index (χ0n) is 24.3. The van der Waals surface area contributed by atoms with Crippen molar-refractivity contribution in [3.8, 4) is 35.3 Å². The molecule has 1 aliphatic heterocycles. The minimum atomic E-state index is -0.814. The lowest BCUT2D eigenvalue weighted by Gasteiger charge is -2.26. The third-order valence-electron chi connectivity index (χ3n) is 6.88. The normalized spacial score (nSPS) is 14.3. The number of fused-ring (bicyclic) bond motifs is 1. The fraction of sp³-hybridized carbons (Fsp3) is 0.182. The fourth-order valence-corrected chi connectivity index (χ4v) is 6.42. The quantitative estimate of drug-likeness (QED) is 0.259. The first-order valence-corrected chi connectivity index (χ1v) is 14.9. The van der Waals surface area contributed by atoms with E-state index in [4.69, 9.17) is 30.4 Å². The highest BCUT2D eigenvalue weighted by molar-refractivity contribution is 9.10. The van der Waals surface area contributed by atoms with Gasteiger partial charge in [0.05, 0.1) is 43.2 Å². The Kier molecular flexibility index (Phi) is 9.23. The number of carbonyl (C=O) groups excluding carboxylic acids is 1. The molecule has 0 spiro atoms. The molecule has 5 rings (SSSR count). The van der Waals surface area contributed by atoms with E-state index in [9.17, 15) is 9.59 Å². The number of anilines is 1. The second-order valence-electron chi connectivity index (χ2n) is 9.54. The number of terminal acetylenes is 1. The molecule has 0 unspecified atom stereocenters. The molecule has 4 aromatic rings. The lowest BCUT2D eigenvalue weighted by Crippen LogP contribution is -2.40. The summed E-state index contributed by atoms with van der Waals surface area (Å²) in [6.45, 7) is 1.77. The van der Waals surface area contributed by atoms with Gasteiger partial charge in [-0.05, 0) is 55.0 Å². The van der Waals surface area contributed by atoms with Crippen molar-refractivity contribution in [1.29, 1.82) is 0 Å². The number of methoxy groups -OCH3 is 3. The Morgan fingerprint density at radius 1 is 1.07 bits per heavy atom. The van der Waals surface area contributed by atoms with E-state index in [2.05, 4.69) is 27.2 Å². The van der Waals surface area contributed by atoms with E-state index in [0.29, 0.717) is 60.4 Å². The number of rotatable bonds is 9. The molecule has 3 aromatic carbocycles. The molecule has 1 aromatic heterocycles. The van der Waals surface area contributed by atoms with Crippen molar-refractivity contribution in [3.63, 3.8) is 0 Å². The fourth-order valence-electron chi connectivity index (χ4n) is 4.93. The molecule has 0 saturated carbocycles. The lowest BCUT2D eigenvalue weighted by molar-refractivity contribution is -0.113. The van der Waals surface area contributed by atoms with E-state index in [1.165, 1.54) is 30.1 Å². The van der Waals surface area contributed by atoms with Gasteiger partial charge in [0.2, 0.25) is 0 Å². The molecular formula is C33H28BrN3O6S. The summed E-state index contributed by atoms with van der Waals surface area (Å²) in [7, 11) is 4.60. The Morgan fingerprint density at radius 3 is 2.48 bits per heavy atom. The van der Waals surface area contributed by atoms with Gasteiger partial charge >= 0.3 is 0 Å². The maximum absolute atomic E-state index is 14.2. The van der Waals surface area contributed by atoms with Gasteiger partial charge in [-0.15, -0.1) is 6.42 Å². The van der Waals surface area contributed by atoms with Gasteiger partial charge < -0.3 is 24.3 Å². The van der Waals surface area contributed by atoms with Crippen LogP contribution in [0.15, 0.2) is 86.2 Å². The maximum atomic E-state index is 14.2. The monoisotopic (exact) mass is 673 g/mol. The first-order valence-electron chi connectivity index (χ1n) is 13.3. The maximum Gasteiger partial charge on any atom is 0.271 e. The number of ether oxygens (including phenoxy) is 4. The van der Waals surface area contributed by atoms with Crippen LogP contribution in [0.3, 0.4) is 0 Å². The van der Waals surface area contributed by atoms with Crippen LogP contribution in [0.2, 0.25) is 0 Å². The van der Waals surface area contributed by atoms with Crippen molar-refractivity contribution >= 4 is 44.9 Å². The SMILES string of the molecule is C#CCOc1c(/C=c2\sc3n(c2=O)[C@H](c2ccc(OC)c(OC)c2)C(C(=O)Nc2ccccc2)=C(C)N=3)cc(Br)cc1OC. The number of para-hydroxylation sites is 1. The Labute approximate surface area is 266 Å². The number of carbonyl (C=O) groups is 1. The summed E-state index contributed by atoms with van der Waals surface area (Å²) < 4.78 is 25.0. The number of nitrogens with zero attached hydrogens (tertiary/aromatic N) is 2. The molecule has 1 atom stereocenters. The van der Waals surface area contributed by atoms with Crippen LogP contribution in [-0.2, 0) is 4.79 Å². The van der Waals surface area contributed by atoms with Gasteiger partial charge in [-0.3, -0.25) is 14.2 Å². The summed E-state index contributed by atoms with van der Waals surface area (Å²) in [5.74, 6) is 3.90. The van der Waals surface area contributed by atoms with E-state index in [-0.39, 0.29) is 18.1 Å². The number of nitrogens with one attached hydrogen (secondary N) is 1. The summed E-state index contributed by atoms with van der Waals surface area (Å²) in [6.07, 6.45) is 7.15. The highest BCUT2D eigenvalue weighted by Gasteiger charge is 2.33. The molecule has 0 fully saturated rings. The number of aromatic nitrogens is 1. The summed E-state index contributed by atoms with van der Waals surface area (Å²) in [6, 6.07) is 17.2. The predicted molar refractivity (Wildman–Crippen MR) is 173 cm³/mol. The van der Waals surface area contributed by atoms with E-state index >= 15 is 0 Å². The summed E-state index contributed by atoms with van der Waals surface area (Å²) >= 11 is 4.70. The highest BCUT2D eigenvalue weighted by Crippen LogP contribution is 2.37. The number of hydrogen-bond acceptors (Lipinski definition) is 8. The molecule has 0 aliphatic carbocycles. The van der Waals surface area contributed by atoms with Crippen molar-refractivity contribution in [1.82, 2.24) is 4.57 Å². The van der Waals surface area contributed by atoms with Gasteiger partial charge in [0, 0.05) is 15.7 Å². The number of hydrogen-bond donors (Lipinski definition) is 1. The van der Waals surface area contributed by atoms with Crippen LogP contribution in [0.5, 0.6) is 23.0 Å². The van der Waals surface area contributed by atoms with E-state index < -0.39 is 6.04 Å². The van der Waals surface area contributed by atoms with E-state index in [0.717, 1.165) is 4.47 Å². The van der Waals surface area contributed by atoms with E-state index in [1.54, 1.807) is 50.4 Å². The van der Waals surface area contributed by atoms with Gasteiger partial charge in [-0.2, -0.15) is 0 Å². The largest absolute Gasteiger partial charge is 0.493 e. The number of halogens is 1. The van der Waals surface area contributed by atoms with Gasteiger partial charge in [0.1, 0.15) is 6.61 Å². The topological polar surface area (TPSA) is 100 Å². The van der Waals surface area contributed by atoms with Gasteiger partial charge in [-0.1, -0.05) is 57.5 Å². The van der Waals surface area contributed by atoms with Crippen LogP contribution >= 0.6 is 27.3 Å². The standard InChI is InChI=1S/C33H28BrN3O6S/c1-6-14-43-30-21(15-22(34)18-26(30)42-5)17-27-32(39)37-29(20-12-13-24(40-3)25(16-20)41-4)28(19(2)35-33(37)44-27)31(38)36-23-10-8-7-9-11-23/h1,7-13,15-18,29H,14H2,2-5H3,(H,36,38)/b27-17-/t29-/m1/s1. The van der Waals surface area contributed by atoms with Gasteiger partial charge in [0.25, 0.3) is 11.5 Å². The number of benzene rings is 3. The molecule has 1 amide bonds. The summed E-state index contributed by atoms with van der Waals surface area (Å²) in [5, 5.41) is 2.95. The number of allylic oxidation sites excluding steroid dienone is 1. The molecule has 0 bridgehead atoms. The van der Waals surface area contributed by atoms with Gasteiger partial charge in [0.15, 0.2) is 27.8 Å². The highest BCUT2D eigenvalue weighted by atomic mass is 79.9. The van der Waals surface area contributed by atoms with Crippen LogP contribution in [0, 0.1) is 12.3 Å². The summed E-state index contributed by atoms with van der Waals surface area (Å²) in [5.41, 5.74) is 2.30. The average Bonchev–Trinajstić information content (AvgIpc) is 3.33. The van der Waals surface area contributed by atoms with Gasteiger partial charge in [-0.25, -0.2) is 4.99 Å². The second-order valence-corrected chi connectivity index (χ2v) is 11.5. The first kappa shape index (κ1) is 30.7. The Morgan fingerprint density at radius 2 is 1.80 bits per heavy atom.